The first kappa shape index (κ1) is 27.7. The first-order chi connectivity index (χ1) is 23.2. The Balaban J connectivity index is 1.39. The van der Waals surface area contributed by atoms with Crippen molar-refractivity contribution >= 4 is 21.8 Å². The molecule has 2 aromatic heterocycles. The van der Waals surface area contributed by atoms with E-state index >= 15 is 0 Å². The van der Waals surface area contributed by atoms with Crippen LogP contribution in [-0.4, -0.2) is 14.5 Å². The summed E-state index contributed by atoms with van der Waals surface area (Å²) in [5.74, 6) is 0.574. The highest BCUT2D eigenvalue weighted by atomic mass is 15.0. The van der Waals surface area contributed by atoms with Crippen LogP contribution in [0.15, 0.2) is 152 Å². The van der Waals surface area contributed by atoms with Crippen molar-refractivity contribution in [2.75, 3.05) is 0 Å². The molecule has 0 bridgehead atoms. The number of rotatable bonds is 5. The second-order valence-electron chi connectivity index (χ2n) is 11.3. The molecular formula is C42H25N5. The van der Waals surface area contributed by atoms with Gasteiger partial charge in [-0.3, -0.25) is 0 Å². The Morgan fingerprint density at radius 1 is 0.447 bits per heavy atom. The number of nitrogens with zero attached hydrogens (tertiary/aromatic N) is 5. The van der Waals surface area contributed by atoms with E-state index in [2.05, 4.69) is 71.3 Å². The maximum absolute atomic E-state index is 10.0. The van der Waals surface area contributed by atoms with Gasteiger partial charge < -0.3 is 4.57 Å². The lowest BCUT2D eigenvalue weighted by Gasteiger charge is -2.15. The highest BCUT2D eigenvalue weighted by Crippen LogP contribution is 2.38. The molecular weight excluding hydrogens is 574 g/mol. The van der Waals surface area contributed by atoms with Crippen molar-refractivity contribution < 1.29 is 0 Å². The fourth-order valence-corrected chi connectivity index (χ4v) is 6.21. The van der Waals surface area contributed by atoms with Gasteiger partial charge in [0.2, 0.25) is 0 Å². The van der Waals surface area contributed by atoms with Crippen LogP contribution in [0.1, 0.15) is 11.1 Å². The van der Waals surface area contributed by atoms with E-state index in [9.17, 15) is 10.5 Å². The van der Waals surface area contributed by atoms with Gasteiger partial charge in [0.05, 0.1) is 51.4 Å². The molecule has 0 aliphatic heterocycles. The molecule has 0 N–H and O–H groups in total. The van der Waals surface area contributed by atoms with E-state index < -0.39 is 0 Å². The molecule has 0 atom stereocenters. The number of aromatic nitrogens is 3. The minimum Gasteiger partial charge on any atom is -0.308 e. The topological polar surface area (TPSA) is 78.3 Å². The molecule has 6 aromatic carbocycles. The Morgan fingerprint density at radius 2 is 1.02 bits per heavy atom. The first-order valence-corrected chi connectivity index (χ1v) is 15.3. The van der Waals surface area contributed by atoms with Crippen LogP contribution in [0, 0.1) is 22.7 Å². The number of hydrogen-bond donors (Lipinski definition) is 0. The van der Waals surface area contributed by atoms with Crippen molar-refractivity contribution in [2.24, 2.45) is 0 Å². The quantitative estimate of drug-likeness (QED) is 0.197. The molecule has 47 heavy (non-hydrogen) atoms. The Labute approximate surface area is 271 Å². The number of fused-ring (bicyclic) bond motifs is 3. The molecule has 8 aromatic rings. The van der Waals surface area contributed by atoms with Crippen LogP contribution < -0.4 is 0 Å². The van der Waals surface area contributed by atoms with Gasteiger partial charge in [0, 0.05) is 27.5 Å². The lowest BCUT2D eigenvalue weighted by molar-refractivity contribution is 1.14. The summed E-state index contributed by atoms with van der Waals surface area (Å²) in [7, 11) is 0. The lowest BCUT2D eigenvalue weighted by Crippen LogP contribution is -2.02. The summed E-state index contributed by atoms with van der Waals surface area (Å²) in [4.78, 5) is 10.2. The molecule has 0 saturated carbocycles. The highest BCUT2D eigenvalue weighted by molar-refractivity contribution is 6.11. The molecule has 0 fully saturated rings. The molecule has 0 saturated heterocycles. The van der Waals surface area contributed by atoms with Crippen LogP contribution in [-0.2, 0) is 0 Å². The van der Waals surface area contributed by atoms with E-state index in [1.54, 1.807) is 0 Å². The maximum Gasteiger partial charge on any atom is 0.162 e. The molecule has 0 unspecified atom stereocenters. The van der Waals surface area contributed by atoms with Gasteiger partial charge in [-0.05, 0) is 65.7 Å². The van der Waals surface area contributed by atoms with Gasteiger partial charge in [0.1, 0.15) is 0 Å². The van der Waals surface area contributed by atoms with Crippen LogP contribution in [0.5, 0.6) is 0 Å². The van der Waals surface area contributed by atoms with E-state index in [1.165, 1.54) is 0 Å². The van der Waals surface area contributed by atoms with Crippen molar-refractivity contribution in [1.29, 1.82) is 10.5 Å². The zero-order chi connectivity index (χ0) is 31.7. The van der Waals surface area contributed by atoms with Crippen LogP contribution in [0.3, 0.4) is 0 Å². The summed E-state index contributed by atoms with van der Waals surface area (Å²) in [6.45, 7) is 0. The van der Waals surface area contributed by atoms with Crippen molar-refractivity contribution in [3.8, 4) is 62.9 Å². The van der Waals surface area contributed by atoms with Crippen molar-refractivity contribution in [3.63, 3.8) is 0 Å². The number of hydrogen-bond acceptors (Lipinski definition) is 4. The minimum absolute atomic E-state index is 0.548. The Morgan fingerprint density at radius 3 is 1.68 bits per heavy atom. The highest BCUT2D eigenvalue weighted by Gasteiger charge is 2.20. The second-order valence-corrected chi connectivity index (χ2v) is 11.3. The monoisotopic (exact) mass is 599 g/mol. The molecule has 0 amide bonds. The molecule has 218 valence electrons. The van der Waals surface area contributed by atoms with Crippen LogP contribution >= 0.6 is 0 Å². The SMILES string of the molecule is N#Cc1ccc(-c2ccc3c(c2)c2ccccc2n3-c2cc(C#N)ccc2-c2nc(-c3ccccc3)cc(-c3ccccc3)n2)cc1. The van der Waals surface area contributed by atoms with Gasteiger partial charge in [-0.15, -0.1) is 0 Å². The standard InChI is InChI=1S/C42H25N5/c43-26-28-15-18-30(19-16-28)33-20-22-40-36(24-33)34-13-7-8-14-39(34)47(40)41-23-29(27-44)17-21-35(41)42-45-37(31-9-3-1-4-10-31)25-38(46-42)32-11-5-2-6-12-32/h1-25H. The molecule has 0 spiro atoms. The average Bonchev–Trinajstić information content (AvgIpc) is 3.48. The molecule has 5 heteroatoms. The third kappa shape index (κ3) is 4.99. The van der Waals surface area contributed by atoms with Crippen LogP contribution in [0.4, 0.5) is 0 Å². The van der Waals surface area contributed by atoms with E-state index in [1.807, 2.05) is 97.1 Å². The molecule has 0 aliphatic carbocycles. The van der Waals surface area contributed by atoms with Gasteiger partial charge in [-0.25, -0.2) is 9.97 Å². The van der Waals surface area contributed by atoms with Gasteiger partial charge in [-0.1, -0.05) is 97.1 Å². The molecule has 5 nitrogen and oxygen atoms in total. The largest absolute Gasteiger partial charge is 0.308 e. The second kappa shape index (κ2) is 11.6. The predicted molar refractivity (Wildman–Crippen MR) is 188 cm³/mol. The summed E-state index contributed by atoms with van der Waals surface area (Å²) in [5.41, 5.74) is 10.6. The lowest BCUT2D eigenvalue weighted by atomic mass is 10.0. The number of benzene rings is 6. The average molecular weight is 600 g/mol. The first-order valence-electron chi connectivity index (χ1n) is 15.3. The predicted octanol–water partition coefficient (Wildman–Crippen LogP) is 9.99. The summed E-state index contributed by atoms with van der Waals surface area (Å²) in [5, 5.41) is 21.5. The fourth-order valence-electron chi connectivity index (χ4n) is 6.21. The van der Waals surface area contributed by atoms with Gasteiger partial charge >= 0.3 is 0 Å². The number of nitriles is 2. The summed E-state index contributed by atoms with van der Waals surface area (Å²) < 4.78 is 2.21. The van der Waals surface area contributed by atoms with Gasteiger partial charge in [0.25, 0.3) is 0 Å². The fraction of sp³-hybridized carbons (Fsp3) is 0. The maximum atomic E-state index is 10.0. The smallest absolute Gasteiger partial charge is 0.162 e. The Bertz CT molecular complexity index is 2460. The van der Waals surface area contributed by atoms with Crippen LogP contribution in [0.25, 0.3) is 72.5 Å². The molecule has 0 aliphatic rings. The number of para-hydroxylation sites is 1. The third-order valence-corrected chi connectivity index (χ3v) is 8.49. The summed E-state index contributed by atoms with van der Waals surface area (Å²) >= 11 is 0. The Kier molecular flexibility index (Phi) is 6.84. The third-order valence-electron chi connectivity index (χ3n) is 8.49. The zero-order valence-electron chi connectivity index (χ0n) is 25.2. The zero-order valence-corrected chi connectivity index (χ0v) is 25.2. The van der Waals surface area contributed by atoms with Crippen molar-refractivity contribution in [3.05, 3.63) is 163 Å². The molecule has 8 rings (SSSR count). The van der Waals surface area contributed by atoms with E-state index in [0.29, 0.717) is 17.0 Å². The summed E-state index contributed by atoms with van der Waals surface area (Å²) in [6, 6.07) is 54.9. The van der Waals surface area contributed by atoms with Crippen LogP contribution in [0.2, 0.25) is 0 Å². The van der Waals surface area contributed by atoms with E-state index in [0.717, 1.165) is 66.7 Å². The van der Waals surface area contributed by atoms with E-state index in [4.69, 9.17) is 9.97 Å². The summed E-state index contributed by atoms with van der Waals surface area (Å²) in [6.07, 6.45) is 0. The minimum atomic E-state index is 0.548. The normalized spacial score (nSPS) is 10.9. The molecule has 0 radical (unpaired) electrons. The van der Waals surface area contributed by atoms with Crippen molar-refractivity contribution in [2.45, 2.75) is 0 Å². The van der Waals surface area contributed by atoms with Gasteiger partial charge in [0.15, 0.2) is 5.82 Å². The Hall–Kier alpha value is -6.82. The van der Waals surface area contributed by atoms with Crippen molar-refractivity contribution in [1.82, 2.24) is 14.5 Å². The molecule has 2 heterocycles. The van der Waals surface area contributed by atoms with E-state index in [-0.39, 0.29) is 0 Å². The van der Waals surface area contributed by atoms with Gasteiger partial charge in [-0.2, -0.15) is 10.5 Å².